The first-order valence-corrected chi connectivity index (χ1v) is 11.7. The zero-order chi connectivity index (χ0) is 25.1. The first-order valence-electron chi connectivity index (χ1n) is 11.7. The van der Waals surface area contributed by atoms with Crippen LogP contribution < -0.4 is 10.3 Å². The van der Waals surface area contributed by atoms with Gasteiger partial charge in [0.15, 0.2) is 0 Å². The zero-order valence-electron chi connectivity index (χ0n) is 19.8. The third-order valence-corrected chi connectivity index (χ3v) is 6.38. The summed E-state index contributed by atoms with van der Waals surface area (Å²) < 4.78 is 7.23. The molecule has 4 aromatic rings. The summed E-state index contributed by atoms with van der Waals surface area (Å²) in [4.78, 5) is 32.9. The van der Waals surface area contributed by atoms with E-state index in [2.05, 4.69) is 0 Å². The first kappa shape index (κ1) is 23.1. The Kier molecular flexibility index (Phi) is 6.33. The Hall–Kier alpha value is -4.70. The van der Waals surface area contributed by atoms with Crippen LogP contribution in [0.4, 0.5) is 4.79 Å². The number of amides is 1. The molecule has 0 saturated heterocycles. The van der Waals surface area contributed by atoms with Crippen LogP contribution in [0.1, 0.15) is 39.8 Å². The third-order valence-electron chi connectivity index (χ3n) is 6.38. The van der Waals surface area contributed by atoms with E-state index in [-0.39, 0.29) is 18.1 Å². The molecule has 7 nitrogen and oxygen atoms in total. The number of nitrogens with zero attached hydrogens (tertiary/aromatic N) is 4. The number of carbonyl (C=O) groups is 1. The minimum atomic E-state index is -0.513. The van der Waals surface area contributed by atoms with Crippen molar-refractivity contribution in [1.82, 2.24) is 14.5 Å². The Balaban J connectivity index is 1.46. The zero-order valence-corrected chi connectivity index (χ0v) is 19.8. The van der Waals surface area contributed by atoms with Crippen molar-refractivity contribution < 1.29 is 9.53 Å². The highest BCUT2D eigenvalue weighted by Crippen LogP contribution is 2.27. The number of rotatable bonds is 4. The van der Waals surface area contributed by atoms with Crippen LogP contribution >= 0.6 is 0 Å². The highest BCUT2D eigenvalue weighted by Gasteiger charge is 2.29. The molecule has 3 aromatic carbocycles. The third kappa shape index (κ3) is 4.49. The normalized spacial score (nSPS) is 12.6. The maximum Gasteiger partial charge on any atom is 0.415 e. The van der Waals surface area contributed by atoms with Crippen LogP contribution in [-0.4, -0.2) is 27.1 Å². The first-order chi connectivity index (χ1) is 17.5. The Labute approximate surface area is 208 Å². The van der Waals surface area contributed by atoms with Crippen molar-refractivity contribution in [3.8, 4) is 11.8 Å². The molecule has 1 amide bonds. The predicted octanol–water partition coefficient (Wildman–Crippen LogP) is 4.62. The average Bonchev–Trinajstić information content (AvgIpc) is 2.92. The maximum absolute atomic E-state index is 13.8. The maximum atomic E-state index is 13.8. The monoisotopic (exact) mass is 476 g/mol. The number of nitriles is 1. The van der Waals surface area contributed by atoms with Crippen LogP contribution in [0, 0.1) is 18.3 Å². The summed E-state index contributed by atoms with van der Waals surface area (Å²) in [6, 6.07) is 27.9. The molecular weight excluding hydrogens is 452 g/mol. The van der Waals surface area contributed by atoms with Crippen LogP contribution in [0.2, 0.25) is 0 Å². The molecule has 36 heavy (non-hydrogen) atoms. The summed E-state index contributed by atoms with van der Waals surface area (Å²) in [5, 5.41) is 8.94. The van der Waals surface area contributed by atoms with Crippen molar-refractivity contribution >= 4 is 6.09 Å². The Bertz CT molecular complexity index is 1450. The standard InChI is InChI=1S/C29H24N4O3/c1-20-31-26-19-32(29(35)36-24-14-12-21(18-30)13-15-24)17-16-25(26)28(34)33(20)27(22-8-4-2-5-9-22)23-10-6-3-7-11-23/h2-15,27H,16-17,19H2,1H3. The van der Waals surface area contributed by atoms with Gasteiger partial charge in [-0.05, 0) is 48.7 Å². The van der Waals surface area contributed by atoms with E-state index < -0.39 is 6.09 Å². The van der Waals surface area contributed by atoms with Gasteiger partial charge in [0.25, 0.3) is 5.56 Å². The number of benzene rings is 3. The lowest BCUT2D eigenvalue weighted by molar-refractivity contribution is 0.145. The number of carbonyl (C=O) groups excluding carboxylic acids is 1. The van der Waals surface area contributed by atoms with Crippen molar-refractivity contribution in [2.24, 2.45) is 0 Å². The SMILES string of the molecule is Cc1nc2c(c(=O)n1C(c1ccccc1)c1ccccc1)CCN(C(=O)Oc1ccc(C#N)cc1)C2. The molecule has 0 radical (unpaired) electrons. The summed E-state index contributed by atoms with van der Waals surface area (Å²) in [7, 11) is 0. The van der Waals surface area contributed by atoms with Crippen LogP contribution in [-0.2, 0) is 13.0 Å². The van der Waals surface area contributed by atoms with Crippen LogP contribution in [0.25, 0.3) is 0 Å². The van der Waals surface area contributed by atoms with Crippen LogP contribution in [0.5, 0.6) is 5.75 Å². The molecule has 2 heterocycles. The topological polar surface area (TPSA) is 88.2 Å². The molecule has 1 aromatic heterocycles. The van der Waals surface area contributed by atoms with E-state index in [0.29, 0.717) is 41.4 Å². The van der Waals surface area contributed by atoms with Crippen molar-refractivity contribution in [3.05, 3.63) is 129 Å². The second-order valence-corrected chi connectivity index (χ2v) is 8.66. The fourth-order valence-corrected chi connectivity index (χ4v) is 4.61. The molecule has 0 bridgehead atoms. The van der Waals surface area contributed by atoms with E-state index in [9.17, 15) is 9.59 Å². The summed E-state index contributed by atoms with van der Waals surface area (Å²) in [5.41, 5.74) is 3.62. The molecule has 0 fully saturated rings. The number of fused-ring (bicyclic) bond motifs is 1. The molecule has 0 spiro atoms. The van der Waals surface area contributed by atoms with E-state index in [1.165, 1.54) is 0 Å². The van der Waals surface area contributed by atoms with Gasteiger partial charge >= 0.3 is 6.09 Å². The van der Waals surface area contributed by atoms with Gasteiger partial charge in [0, 0.05) is 12.1 Å². The minimum absolute atomic E-state index is 0.0877. The molecule has 0 aliphatic carbocycles. The molecule has 7 heteroatoms. The fraction of sp³-hybridized carbons (Fsp3) is 0.172. The van der Waals surface area contributed by atoms with Crippen molar-refractivity contribution in [1.29, 1.82) is 5.26 Å². The molecule has 178 valence electrons. The quantitative estimate of drug-likeness (QED) is 0.429. The van der Waals surface area contributed by atoms with Gasteiger partial charge in [-0.3, -0.25) is 9.36 Å². The molecule has 1 aliphatic heterocycles. The molecule has 0 unspecified atom stereocenters. The van der Waals surface area contributed by atoms with Crippen molar-refractivity contribution in [2.45, 2.75) is 25.9 Å². The Morgan fingerprint density at radius 3 is 2.17 bits per heavy atom. The van der Waals surface area contributed by atoms with Crippen LogP contribution in [0.3, 0.4) is 0 Å². The summed E-state index contributed by atoms with van der Waals surface area (Å²) in [5.74, 6) is 0.941. The van der Waals surface area contributed by atoms with E-state index >= 15 is 0 Å². The number of ether oxygens (including phenoxy) is 1. The van der Waals surface area contributed by atoms with Crippen molar-refractivity contribution in [3.63, 3.8) is 0 Å². The van der Waals surface area contributed by atoms with Gasteiger partial charge in [-0.2, -0.15) is 5.26 Å². The fourth-order valence-electron chi connectivity index (χ4n) is 4.61. The van der Waals surface area contributed by atoms with Gasteiger partial charge < -0.3 is 9.64 Å². The predicted molar refractivity (Wildman–Crippen MR) is 135 cm³/mol. The Morgan fingerprint density at radius 2 is 1.58 bits per heavy atom. The molecule has 0 N–H and O–H groups in total. The van der Waals surface area contributed by atoms with E-state index in [1.807, 2.05) is 73.7 Å². The highest BCUT2D eigenvalue weighted by molar-refractivity contribution is 5.71. The molecule has 5 rings (SSSR count). The van der Waals surface area contributed by atoms with Gasteiger partial charge in [-0.15, -0.1) is 0 Å². The van der Waals surface area contributed by atoms with Crippen LogP contribution in [0.15, 0.2) is 89.7 Å². The number of aromatic nitrogens is 2. The molecular formula is C29H24N4O3. The van der Waals surface area contributed by atoms with Gasteiger partial charge in [0.2, 0.25) is 0 Å². The summed E-state index contributed by atoms with van der Waals surface area (Å²) in [6.45, 7) is 2.38. The second-order valence-electron chi connectivity index (χ2n) is 8.66. The Morgan fingerprint density at radius 1 is 0.972 bits per heavy atom. The second kappa shape index (κ2) is 9.88. The lowest BCUT2D eigenvalue weighted by atomic mass is 9.97. The number of aryl methyl sites for hydroxylation is 1. The van der Waals surface area contributed by atoms with Gasteiger partial charge in [-0.25, -0.2) is 9.78 Å². The smallest absolute Gasteiger partial charge is 0.410 e. The highest BCUT2D eigenvalue weighted by atomic mass is 16.6. The largest absolute Gasteiger partial charge is 0.415 e. The summed E-state index contributed by atoms with van der Waals surface area (Å²) in [6.07, 6.45) is -0.124. The van der Waals surface area contributed by atoms with E-state index in [4.69, 9.17) is 15.0 Å². The lowest BCUT2D eigenvalue weighted by Gasteiger charge is -2.30. The van der Waals surface area contributed by atoms with Gasteiger partial charge in [-0.1, -0.05) is 60.7 Å². The van der Waals surface area contributed by atoms with Gasteiger partial charge in [0.05, 0.1) is 29.9 Å². The minimum Gasteiger partial charge on any atom is -0.410 e. The molecule has 0 atom stereocenters. The average molecular weight is 477 g/mol. The van der Waals surface area contributed by atoms with E-state index in [0.717, 1.165) is 11.1 Å². The summed E-state index contributed by atoms with van der Waals surface area (Å²) >= 11 is 0. The molecule has 1 aliphatic rings. The molecule has 0 saturated carbocycles. The number of hydrogen-bond donors (Lipinski definition) is 0. The van der Waals surface area contributed by atoms with Crippen molar-refractivity contribution in [2.75, 3.05) is 6.54 Å². The lowest BCUT2D eigenvalue weighted by Crippen LogP contribution is -2.43. The van der Waals surface area contributed by atoms with E-state index in [1.54, 1.807) is 33.7 Å². The van der Waals surface area contributed by atoms with Gasteiger partial charge in [0.1, 0.15) is 11.6 Å². The number of hydrogen-bond acceptors (Lipinski definition) is 5.